The quantitative estimate of drug-likeness (QED) is 0.497. The topological polar surface area (TPSA) is 57.0 Å². The molecule has 6 heteroatoms. The van der Waals surface area contributed by atoms with Gasteiger partial charge in [-0.25, -0.2) is 18.9 Å². The molecule has 0 radical (unpaired) electrons. The number of halogens is 1. The van der Waals surface area contributed by atoms with Gasteiger partial charge in [0.15, 0.2) is 5.65 Å². The molecule has 140 valence electrons. The second kappa shape index (κ2) is 7.23. The number of fused-ring (bicyclic) bond motifs is 1. The van der Waals surface area contributed by atoms with Gasteiger partial charge >= 0.3 is 5.97 Å². The summed E-state index contributed by atoms with van der Waals surface area (Å²) in [6.45, 7) is 2.36. The number of pyridine rings is 1. The molecular formula is C22H18FN3O2. The van der Waals surface area contributed by atoms with Crippen LogP contribution in [0.4, 0.5) is 4.39 Å². The third-order valence-electron chi connectivity index (χ3n) is 4.60. The molecule has 4 aromatic rings. The lowest BCUT2D eigenvalue weighted by Gasteiger charge is -2.08. The lowest BCUT2D eigenvalue weighted by molar-refractivity contribution is 0.0603. The van der Waals surface area contributed by atoms with Gasteiger partial charge in [-0.3, -0.25) is 0 Å². The maximum absolute atomic E-state index is 13.3. The molecule has 0 N–H and O–H groups in total. The average molecular weight is 375 g/mol. The maximum Gasteiger partial charge on any atom is 0.338 e. The Morgan fingerprint density at radius 2 is 1.82 bits per heavy atom. The predicted octanol–water partition coefficient (Wildman–Crippen LogP) is 4.38. The summed E-state index contributed by atoms with van der Waals surface area (Å²) >= 11 is 0. The van der Waals surface area contributed by atoms with E-state index < -0.39 is 5.97 Å². The largest absolute Gasteiger partial charge is 0.465 e. The van der Waals surface area contributed by atoms with Crippen molar-refractivity contribution in [1.29, 1.82) is 0 Å². The zero-order chi connectivity index (χ0) is 19.7. The normalized spacial score (nSPS) is 11.0. The summed E-state index contributed by atoms with van der Waals surface area (Å²) < 4.78 is 20.1. The lowest BCUT2D eigenvalue weighted by Crippen LogP contribution is -2.06. The molecule has 28 heavy (non-hydrogen) atoms. The first-order valence-electron chi connectivity index (χ1n) is 8.83. The zero-order valence-electron chi connectivity index (χ0n) is 15.5. The molecule has 0 atom stereocenters. The van der Waals surface area contributed by atoms with Gasteiger partial charge in [0.1, 0.15) is 5.82 Å². The van der Waals surface area contributed by atoms with Crippen LogP contribution in [0.1, 0.15) is 21.6 Å². The van der Waals surface area contributed by atoms with Gasteiger partial charge in [-0.15, -0.1) is 0 Å². The number of hydrogen-bond acceptors (Lipinski definition) is 4. The Balaban J connectivity index is 1.93. The van der Waals surface area contributed by atoms with E-state index in [1.807, 2.05) is 37.3 Å². The Morgan fingerprint density at radius 1 is 1.11 bits per heavy atom. The van der Waals surface area contributed by atoms with E-state index in [2.05, 4.69) is 5.10 Å². The van der Waals surface area contributed by atoms with Crippen molar-refractivity contribution in [2.45, 2.75) is 13.5 Å². The monoisotopic (exact) mass is 375 g/mol. The van der Waals surface area contributed by atoms with Gasteiger partial charge in [-0.1, -0.05) is 30.3 Å². The smallest absolute Gasteiger partial charge is 0.338 e. The van der Waals surface area contributed by atoms with Crippen molar-refractivity contribution in [1.82, 2.24) is 14.8 Å². The summed E-state index contributed by atoms with van der Waals surface area (Å²) in [5.74, 6) is -0.791. The Bertz CT molecular complexity index is 1150. The first kappa shape index (κ1) is 17.9. The summed E-state index contributed by atoms with van der Waals surface area (Å²) in [6, 6.07) is 17.6. The number of carbonyl (C=O) groups is 1. The lowest BCUT2D eigenvalue weighted by atomic mass is 10.1. The number of methoxy groups -OCH3 is 1. The SMILES string of the molecule is COC(=O)c1cc(-c2ccc(F)cc2)nc2c1c(C)nn2Cc1ccccc1. The van der Waals surface area contributed by atoms with Crippen LogP contribution in [-0.2, 0) is 11.3 Å². The summed E-state index contributed by atoms with van der Waals surface area (Å²) in [4.78, 5) is 17.2. The van der Waals surface area contributed by atoms with Crippen molar-refractivity contribution in [2.75, 3.05) is 7.11 Å². The average Bonchev–Trinajstić information content (AvgIpc) is 3.03. The van der Waals surface area contributed by atoms with Crippen molar-refractivity contribution >= 4 is 17.0 Å². The summed E-state index contributed by atoms with van der Waals surface area (Å²) in [7, 11) is 1.34. The first-order chi connectivity index (χ1) is 13.6. The Morgan fingerprint density at radius 3 is 2.50 bits per heavy atom. The van der Waals surface area contributed by atoms with E-state index in [4.69, 9.17) is 9.72 Å². The van der Waals surface area contributed by atoms with Crippen molar-refractivity contribution in [3.8, 4) is 11.3 Å². The highest BCUT2D eigenvalue weighted by Gasteiger charge is 2.20. The van der Waals surface area contributed by atoms with Crippen LogP contribution < -0.4 is 0 Å². The Labute approximate surface area is 161 Å². The minimum Gasteiger partial charge on any atom is -0.465 e. The van der Waals surface area contributed by atoms with E-state index in [0.717, 1.165) is 5.56 Å². The van der Waals surface area contributed by atoms with Gasteiger partial charge in [-0.2, -0.15) is 5.10 Å². The van der Waals surface area contributed by atoms with Crippen molar-refractivity contribution in [3.05, 3.63) is 83.3 Å². The van der Waals surface area contributed by atoms with E-state index >= 15 is 0 Å². The third kappa shape index (κ3) is 3.24. The van der Waals surface area contributed by atoms with Gasteiger partial charge < -0.3 is 4.74 Å². The molecule has 2 aromatic carbocycles. The fourth-order valence-corrected chi connectivity index (χ4v) is 3.26. The van der Waals surface area contributed by atoms with E-state index in [1.54, 1.807) is 22.9 Å². The molecule has 0 aliphatic heterocycles. The van der Waals surface area contributed by atoms with Gasteiger partial charge in [0.05, 0.1) is 36.0 Å². The fraction of sp³-hybridized carbons (Fsp3) is 0.136. The molecule has 0 saturated carbocycles. The van der Waals surface area contributed by atoms with Crippen LogP contribution in [0.3, 0.4) is 0 Å². The second-order valence-electron chi connectivity index (χ2n) is 6.48. The van der Waals surface area contributed by atoms with E-state index in [-0.39, 0.29) is 5.82 Å². The molecule has 0 bridgehead atoms. The molecule has 0 aliphatic rings. The number of nitrogens with zero attached hydrogens (tertiary/aromatic N) is 3. The van der Waals surface area contributed by atoms with E-state index in [9.17, 15) is 9.18 Å². The molecule has 2 heterocycles. The van der Waals surface area contributed by atoms with Gasteiger partial charge in [0.25, 0.3) is 0 Å². The number of aryl methyl sites for hydroxylation is 1. The van der Waals surface area contributed by atoms with Crippen LogP contribution in [0.25, 0.3) is 22.3 Å². The number of rotatable bonds is 4. The molecule has 0 spiro atoms. The summed E-state index contributed by atoms with van der Waals surface area (Å²) in [5, 5.41) is 5.26. The molecule has 0 saturated heterocycles. The Hall–Kier alpha value is -3.54. The Kier molecular flexibility index (Phi) is 4.61. The van der Waals surface area contributed by atoms with Crippen LogP contribution in [0.5, 0.6) is 0 Å². The van der Waals surface area contributed by atoms with E-state index in [1.165, 1.54) is 19.2 Å². The standard InChI is InChI=1S/C22H18FN3O2/c1-14-20-18(22(27)28-2)12-19(16-8-10-17(23)11-9-16)24-21(20)26(25-14)13-15-6-4-3-5-7-15/h3-12H,13H2,1-2H3. The number of aromatic nitrogens is 3. The first-order valence-corrected chi connectivity index (χ1v) is 8.83. The molecule has 4 rings (SSSR count). The predicted molar refractivity (Wildman–Crippen MR) is 105 cm³/mol. The van der Waals surface area contributed by atoms with Gasteiger partial charge in [0, 0.05) is 5.56 Å². The van der Waals surface area contributed by atoms with Crippen molar-refractivity contribution in [3.63, 3.8) is 0 Å². The van der Waals surface area contributed by atoms with Crippen LogP contribution in [0, 0.1) is 12.7 Å². The minimum absolute atomic E-state index is 0.331. The van der Waals surface area contributed by atoms with Crippen molar-refractivity contribution < 1.29 is 13.9 Å². The van der Waals surface area contributed by atoms with Crippen LogP contribution >= 0.6 is 0 Å². The molecule has 0 aliphatic carbocycles. The van der Waals surface area contributed by atoms with Gasteiger partial charge in [-0.05, 0) is 42.8 Å². The minimum atomic E-state index is -0.460. The van der Waals surface area contributed by atoms with Crippen LogP contribution in [0.2, 0.25) is 0 Å². The highest BCUT2D eigenvalue weighted by atomic mass is 19.1. The van der Waals surface area contributed by atoms with Gasteiger partial charge in [0.2, 0.25) is 0 Å². The molecule has 0 unspecified atom stereocenters. The fourth-order valence-electron chi connectivity index (χ4n) is 3.26. The second-order valence-corrected chi connectivity index (χ2v) is 6.48. The maximum atomic E-state index is 13.3. The highest BCUT2D eigenvalue weighted by Crippen LogP contribution is 2.28. The number of carbonyl (C=O) groups excluding carboxylic acids is 1. The molecule has 2 aromatic heterocycles. The summed E-state index contributed by atoms with van der Waals surface area (Å²) in [5.41, 5.74) is 4.01. The number of esters is 1. The third-order valence-corrected chi connectivity index (χ3v) is 4.60. The van der Waals surface area contributed by atoms with Crippen LogP contribution in [0.15, 0.2) is 60.7 Å². The molecule has 0 fully saturated rings. The number of benzene rings is 2. The summed E-state index contributed by atoms with van der Waals surface area (Å²) in [6.07, 6.45) is 0. The van der Waals surface area contributed by atoms with Crippen LogP contribution in [-0.4, -0.2) is 27.8 Å². The van der Waals surface area contributed by atoms with Crippen molar-refractivity contribution in [2.24, 2.45) is 0 Å². The molecular weight excluding hydrogens is 357 g/mol. The number of hydrogen-bond donors (Lipinski definition) is 0. The van der Waals surface area contributed by atoms with E-state index in [0.29, 0.717) is 40.1 Å². The molecule has 0 amide bonds. The number of ether oxygens (including phenoxy) is 1. The highest BCUT2D eigenvalue weighted by molar-refractivity contribution is 6.04. The molecule has 5 nitrogen and oxygen atoms in total. The zero-order valence-corrected chi connectivity index (χ0v) is 15.5.